The Bertz CT molecular complexity index is 311. The van der Waals surface area contributed by atoms with Crippen LogP contribution in [-0.2, 0) is 6.54 Å². The lowest BCUT2D eigenvalue weighted by atomic mass is 10.2. The SMILES string of the molecule is C=CCN(CC=C)N(N)Cc1ccccc1. The molecule has 0 atom stereocenters. The second-order valence-electron chi connectivity index (χ2n) is 3.53. The highest BCUT2D eigenvalue weighted by Gasteiger charge is 2.08. The highest BCUT2D eigenvalue weighted by molar-refractivity contribution is 5.14. The number of benzene rings is 1. The van der Waals surface area contributed by atoms with E-state index >= 15 is 0 Å². The zero-order valence-electron chi connectivity index (χ0n) is 9.55. The Balaban J connectivity index is 2.57. The third-order valence-corrected chi connectivity index (χ3v) is 2.23. The van der Waals surface area contributed by atoms with E-state index in [4.69, 9.17) is 5.84 Å². The van der Waals surface area contributed by atoms with Crippen LogP contribution in [0, 0.1) is 0 Å². The Morgan fingerprint density at radius 2 is 1.62 bits per heavy atom. The van der Waals surface area contributed by atoms with Crippen molar-refractivity contribution in [2.45, 2.75) is 6.54 Å². The van der Waals surface area contributed by atoms with Crippen molar-refractivity contribution in [3.8, 4) is 0 Å². The van der Waals surface area contributed by atoms with Crippen LogP contribution in [0.3, 0.4) is 0 Å². The molecule has 0 radical (unpaired) electrons. The number of hydrogen-bond acceptors (Lipinski definition) is 3. The van der Waals surface area contributed by atoms with Crippen LogP contribution in [0.5, 0.6) is 0 Å². The van der Waals surface area contributed by atoms with E-state index in [-0.39, 0.29) is 0 Å². The van der Waals surface area contributed by atoms with Gasteiger partial charge in [0.15, 0.2) is 0 Å². The number of hydrazine groups is 2. The van der Waals surface area contributed by atoms with Gasteiger partial charge in [-0.3, -0.25) is 5.84 Å². The van der Waals surface area contributed by atoms with Crippen molar-refractivity contribution in [3.05, 3.63) is 61.2 Å². The molecule has 0 unspecified atom stereocenters. The summed E-state index contributed by atoms with van der Waals surface area (Å²) in [4.78, 5) is 0. The average molecular weight is 217 g/mol. The molecule has 1 aromatic rings. The molecule has 3 nitrogen and oxygen atoms in total. The van der Waals surface area contributed by atoms with Crippen molar-refractivity contribution in [2.75, 3.05) is 13.1 Å². The second-order valence-corrected chi connectivity index (χ2v) is 3.53. The van der Waals surface area contributed by atoms with Crippen LogP contribution in [0.25, 0.3) is 0 Å². The fraction of sp³-hybridized carbons (Fsp3) is 0.231. The van der Waals surface area contributed by atoms with Gasteiger partial charge in [-0.15, -0.1) is 13.2 Å². The molecule has 0 aliphatic rings. The molecule has 3 heteroatoms. The minimum absolute atomic E-state index is 0.683. The van der Waals surface area contributed by atoms with Gasteiger partial charge >= 0.3 is 0 Å². The predicted molar refractivity (Wildman–Crippen MR) is 68.1 cm³/mol. The highest BCUT2D eigenvalue weighted by Crippen LogP contribution is 2.03. The van der Waals surface area contributed by atoms with E-state index < -0.39 is 0 Å². The third-order valence-electron chi connectivity index (χ3n) is 2.23. The summed E-state index contributed by atoms with van der Waals surface area (Å²) in [5.41, 5.74) is 1.18. The van der Waals surface area contributed by atoms with Crippen molar-refractivity contribution < 1.29 is 0 Å². The Kier molecular flexibility index (Phi) is 5.50. The maximum absolute atomic E-state index is 5.99. The molecule has 0 spiro atoms. The van der Waals surface area contributed by atoms with Gasteiger partial charge in [-0.2, -0.15) is 5.12 Å². The van der Waals surface area contributed by atoms with Gasteiger partial charge in [0, 0.05) is 13.1 Å². The molecule has 0 fully saturated rings. The van der Waals surface area contributed by atoms with Gasteiger partial charge in [0.05, 0.1) is 6.54 Å². The number of hydrogen-bond donors (Lipinski definition) is 1. The summed E-state index contributed by atoms with van der Waals surface area (Å²) in [6.07, 6.45) is 3.66. The number of nitrogens with zero attached hydrogens (tertiary/aromatic N) is 2. The summed E-state index contributed by atoms with van der Waals surface area (Å²) >= 11 is 0. The van der Waals surface area contributed by atoms with Crippen LogP contribution in [-0.4, -0.2) is 23.2 Å². The standard InChI is InChI=1S/C13H19N3/c1-3-10-15(11-4-2)16(14)12-13-8-6-5-7-9-13/h3-9H,1-2,10-12,14H2. The van der Waals surface area contributed by atoms with Gasteiger partial charge in [-0.05, 0) is 5.56 Å². The van der Waals surface area contributed by atoms with E-state index in [1.165, 1.54) is 5.56 Å². The van der Waals surface area contributed by atoms with E-state index in [1.807, 2.05) is 35.4 Å². The summed E-state index contributed by atoms with van der Waals surface area (Å²) < 4.78 is 0. The first-order valence-electron chi connectivity index (χ1n) is 5.30. The van der Waals surface area contributed by atoms with Crippen molar-refractivity contribution in [1.29, 1.82) is 0 Å². The summed E-state index contributed by atoms with van der Waals surface area (Å²) in [5, 5.41) is 3.67. The smallest absolute Gasteiger partial charge is 0.0538 e. The molecule has 0 saturated heterocycles. The molecule has 1 rings (SSSR count). The van der Waals surface area contributed by atoms with E-state index in [1.54, 1.807) is 5.12 Å². The van der Waals surface area contributed by atoms with E-state index in [0.29, 0.717) is 6.54 Å². The Morgan fingerprint density at radius 1 is 1.06 bits per heavy atom. The summed E-state index contributed by atoms with van der Waals surface area (Å²) in [6, 6.07) is 10.1. The van der Waals surface area contributed by atoms with Gasteiger partial charge in [-0.25, -0.2) is 5.01 Å². The fourth-order valence-electron chi connectivity index (χ4n) is 1.45. The number of rotatable bonds is 7. The lowest BCUT2D eigenvalue weighted by Gasteiger charge is -2.29. The molecule has 0 amide bonds. The molecule has 0 aliphatic carbocycles. The number of nitrogens with two attached hydrogens (primary N) is 1. The lowest BCUT2D eigenvalue weighted by molar-refractivity contribution is -0.0141. The van der Waals surface area contributed by atoms with Crippen LogP contribution >= 0.6 is 0 Å². The van der Waals surface area contributed by atoms with Gasteiger partial charge in [0.2, 0.25) is 0 Å². The van der Waals surface area contributed by atoms with E-state index in [9.17, 15) is 0 Å². The monoisotopic (exact) mass is 217 g/mol. The van der Waals surface area contributed by atoms with E-state index in [0.717, 1.165) is 13.1 Å². The van der Waals surface area contributed by atoms with Crippen molar-refractivity contribution in [1.82, 2.24) is 10.1 Å². The van der Waals surface area contributed by atoms with E-state index in [2.05, 4.69) is 25.3 Å². The highest BCUT2D eigenvalue weighted by atomic mass is 15.7. The topological polar surface area (TPSA) is 32.5 Å². The zero-order valence-corrected chi connectivity index (χ0v) is 9.55. The molecule has 0 bridgehead atoms. The van der Waals surface area contributed by atoms with Crippen LogP contribution in [0.4, 0.5) is 0 Å². The lowest BCUT2D eigenvalue weighted by Crippen LogP contribution is -2.47. The zero-order chi connectivity index (χ0) is 11.8. The molecule has 16 heavy (non-hydrogen) atoms. The average Bonchev–Trinajstić information content (AvgIpc) is 2.30. The van der Waals surface area contributed by atoms with Gasteiger partial charge in [0.25, 0.3) is 0 Å². The quantitative estimate of drug-likeness (QED) is 0.430. The summed E-state index contributed by atoms with van der Waals surface area (Å²) in [6.45, 7) is 9.55. The largest absolute Gasteiger partial charge is 0.255 e. The molecule has 0 saturated carbocycles. The Morgan fingerprint density at radius 3 is 2.12 bits per heavy atom. The summed E-state index contributed by atoms with van der Waals surface area (Å²) in [7, 11) is 0. The second kappa shape index (κ2) is 6.95. The van der Waals surface area contributed by atoms with Gasteiger partial charge in [-0.1, -0.05) is 42.5 Å². The molecular weight excluding hydrogens is 198 g/mol. The van der Waals surface area contributed by atoms with Crippen molar-refractivity contribution in [3.63, 3.8) is 0 Å². The van der Waals surface area contributed by atoms with Gasteiger partial charge < -0.3 is 0 Å². The third kappa shape index (κ3) is 3.98. The maximum atomic E-state index is 5.99. The van der Waals surface area contributed by atoms with Crippen LogP contribution in [0.2, 0.25) is 0 Å². The first kappa shape index (κ1) is 12.6. The molecule has 0 aliphatic heterocycles. The van der Waals surface area contributed by atoms with Crippen LogP contribution < -0.4 is 5.84 Å². The van der Waals surface area contributed by atoms with Crippen molar-refractivity contribution in [2.24, 2.45) is 5.84 Å². The molecule has 0 aromatic heterocycles. The molecule has 1 aromatic carbocycles. The Labute approximate surface area is 97.4 Å². The minimum atomic E-state index is 0.683. The van der Waals surface area contributed by atoms with Gasteiger partial charge in [0.1, 0.15) is 0 Å². The molecular formula is C13H19N3. The molecule has 0 heterocycles. The summed E-state index contributed by atoms with van der Waals surface area (Å²) in [5.74, 6) is 5.99. The molecule has 2 N–H and O–H groups in total. The van der Waals surface area contributed by atoms with Crippen LogP contribution in [0.1, 0.15) is 5.56 Å². The minimum Gasteiger partial charge on any atom is -0.255 e. The van der Waals surface area contributed by atoms with Crippen molar-refractivity contribution >= 4 is 0 Å². The first-order chi connectivity index (χ1) is 7.77. The molecule has 86 valence electrons. The maximum Gasteiger partial charge on any atom is 0.0538 e. The predicted octanol–water partition coefficient (Wildman–Crippen LogP) is 1.95. The first-order valence-corrected chi connectivity index (χ1v) is 5.30. The normalized spacial score (nSPS) is 10.7. The Hall–Kier alpha value is -1.42. The fourth-order valence-corrected chi connectivity index (χ4v) is 1.45. The van der Waals surface area contributed by atoms with Crippen LogP contribution in [0.15, 0.2) is 55.6 Å².